The van der Waals surface area contributed by atoms with Crippen LogP contribution in [0.3, 0.4) is 0 Å². The molecule has 0 bridgehead atoms. The smallest absolute Gasteiger partial charge is 0.151 e. The molecule has 7 nitrogen and oxygen atoms in total. The number of hydrogen-bond acceptors (Lipinski definition) is 7. The second-order valence-corrected chi connectivity index (χ2v) is 8.02. The van der Waals surface area contributed by atoms with Gasteiger partial charge in [-0.3, -0.25) is 0 Å². The number of sulfone groups is 1. The molecule has 0 atom stereocenters. The molecular weight excluding hydrogens is 371 g/mol. The summed E-state index contributed by atoms with van der Waals surface area (Å²) < 4.78 is 41.5. The topological polar surface area (TPSA) is 94.1 Å². The van der Waals surface area contributed by atoms with Crippen molar-refractivity contribution < 1.29 is 17.5 Å². The van der Waals surface area contributed by atoms with Gasteiger partial charge in [-0.1, -0.05) is 0 Å². The third kappa shape index (κ3) is 4.98. The first kappa shape index (κ1) is 18.7. The number of nitrogens with zero attached hydrogens (tertiary/aromatic N) is 3. The molecule has 0 aliphatic carbocycles. The van der Waals surface area contributed by atoms with Crippen LogP contribution in [0.15, 0.2) is 48.9 Å². The van der Waals surface area contributed by atoms with Crippen molar-refractivity contribution in [2.24, 2.45) is 0 Å². The molecule has 0 aliphatic heterocycles. The summed E-state index contributed by atoms with van der Waals surface area (Å²) in [4.78, 5) is 12.5. The van der Waals surface area contributed by atoms with E-state index in [2.05, 4.69) is 20.3 Å². The Morgan fingerprint density at radius 3 is 2.59 bits per heavy atom. The van der Waals surface area contributed by atoms with Crippen molar-refractivity contribution in [3.63, 3.8) is 0 Å². The molecule has 0 amide bonds. The second kappa shape index (κ2) is 7.67. The Kier molecular flexibility index (Phi) is 5.31. The van der Waals surface area contributed by atoms with E-state index in [1.165, 1.54) is 38.0 Å². The predicted octanol–water partition coefficient (Wildman–Crippen LogP) is 2.97. The van der Waals surface area contributed by atoms with Crippen molar-refractivity contribution in [3.05, 3.63) is 60.3 Å². The first-order valence-electron chi connectivity index (χ1n) is 7.90. The largest absolute Gasteiger partial charge is 0.496 e. The maximum absolute atomic E-state index is 13.4. The van der Waals surface area contributed by atoms with Gasteiger partial charge in [0.05, 0.1) is 18.6 Å². The fourth-order valence-electron chi connectivity index (χ4n) is 2.52. The second-order valence-electron chi connectivity index (χ2n) is 5.88. The van der Waals surface area contributed by atoms with Crippen LogP contribution in [0.4, 0.5) is 16.0 Å². The third-order valence-electron chi connectivity index (χ3n) is 3.62. The standard InChI is InChI=1S/C18H17FN4O3S/c1-26-16-8-13(19)3-4-14(16)15-9-18(22-11-21-15)23-17-7-12(5-6-20-17)10-27(2,24)25/h3-9,11H,10H2,1-2H3,(H,20,21,22,23). The van der Waals surface area contributed by atoms with Crippen LogP contribution in [0.1, 0.15) is 5.56 Å². The van der Waals surface area contributed by atoms with Crippen molar-refractivity contribution in [2.45, 2.75) is 5.75 Å². The van der Waals surface area contributed by atoms with Gasteiger partial charge in [-0.05, 0) is 29.8 Å². The van der Waals surface area contributed by atoms with E-state index in [1.807, 2.05) is 0 Å². The fraction of sp³-hybridized carbons (Fsp3) is 0.167. The first-order valence-corrected chi connectivity index (χ1v) is 9.96. The van der Waals surface area contributed by atoms with Gasteiger partial charge in [0.15, 0.2) is 9.84 Å². The molecule has 0 aliphatic rings. The Bertz CT molecular complexity index is 1070. The maximum atomic E-state index is 13.4. The number of nitrogens with one attached hydrogen (secondary N) is 1. The van der Waals surface area contributed by atoms with Gasteiger partial charge in [-0.25, -0.2) is 27.8 Å². The fourth-order valence-corrected chi connectivity index (χ4v) is 3.30. The Morgan fingerprint density at radius 1 is 1.07 bits per heavy atom. The minimum atomic E-state index is -3.15. The van der Waals surface area contributed by atoms with Crippen molar-refractivity contribution in [1.82, 2.24) is 15.0 Å². The summed E-state index contributed by atoms with van der Waals surface area (Å²) in [6.45, 7) is 0. The molecule has 0 saturated heterocycles. The quantitative estimate of drug-likeness (QED) is 0.694. The molecule has 2 heterocycles. The highest BCUT2D eigenvalue weighted by atomic mass is 32.2. The van der Waals surface area contributed by atoms with Crippen LogP contribution in [-0.2, 0) is 15.6 Å². The summed E-state index contributed by atoms with van der Waals surface area (Å²) in [6.07, 6.45) is 4.06. The lowest BCUT2D eigenvalue weighted by molar-refractivity contribution is 0.413. The highest BCUT2D eigenvalue weighted by molar-refractivity contribution is 7.89. The van der Waals surface area contributed by atoms with Gasteiger partial charge in [0.25, 0.3) is 0 Å². The number of anilines is 2. The number of pyridine rings is 1. The van der Waals surface area contributed by atoms with E-state index >= 15 is 0 Å². The molecule has 2 aromatic heterocycles. The molecule has 0 spiro atoms. The number of halogens is 1. The van der Waals surface area contributed by atoms with E-state index in [4.69, 9.17) is 4.74 Å². The normalized spacial score (nSPS) is 11.2. The third-order valence-corrected chi connectivity index (χ3v) is 4.47. The molecule has 3 aromatic rings. The highest BCUT2D eigenvalue weighted by Gasteiger charge is 2.11. The van der Waals surface area contributed by atoms with Crippen LogP contribution in [0.5, 0.6) is 5.75 Å². The van der Waals surface area contributed by atoms with Crippen LogP contribution in [0, 0.1) is 5.82 Å². The summed E-state index contributed by atoms with van der Waals surface area (Å²) in [7, 11) is -1.69. The Hall–Kier alpha value is -3.07. The van der Waals surface area contributed by atoms with Crippen LogP contribution >= 0.6 is 0 Å². The van der Waals surface area contributed by atoms with E-state index in [9.17, 15) is 12.8 Å². The van der Waals surface area contributed by atoms with Gasteiger partial charge in [-0.2, -0.15) is 0 Å². The molecule has 0 unspecified atom stereocenters. The zero-order valence-electron chi connectivity index (χ0n) is 14.7. The minimum Gasteiger partial charge on any atom is -0.496 e. The molecule has 0 radical (unpaired) electrons. The van der Waals surface area contributed by atoms with Gasteiger partial charge in [0, 0.05) is 30.1 Å². The molecule has 3 rings (SSSR count). The number of hydrogen-bond donors (Lipinski definition) is 1. The first-order chi connectivity index (χ1) is 12.8. The summed E-state index contributed by atoms with van der Waals surface area (Å²) in [5.74, 6) is 0.775. The van der Waals surface area contributed by atoms with Crippen LogP contribution in [0.25, 0.3) is 11.3 Å². The van der Waals surface area contributed by atoms with Gasteiger partial charge >= 0.3 is 0 Å². The van der Waals surface area contributed by atoms with Gasteiger partial charge < -0.3 is 10.1 Å². The summed E-state index contributed by atoms with van der Waals surface area (Å²) in [5.41, 5.74) is 1.77. The Labute approximate surface area is 156 Å². The Balaban J connectivity index is 1.88. The zero-order chi connectivity index (χ0) is 19.4. The van der Waals surface area contributed by atoms with E-state index < -0.39 is 15.7 Å². The summed E-state index contributed by atoms with van der Waals surface area (Å²) >= 11 is 0. The molecule has 1 N–H and O–H groups in total. The van der Waals surface area contributed by atoms with Gasteiger partial charge in [-0.15, -0.1) is 0 Å². The number of benzene rings is 1. The predicted molar refractivity (Wildman–Crippen MR) is 100 cm³/mol. The van der Waals surface area contributed by atoms with E-state index in [0.29, 0.717) is 34.2 Å². The lowest BCUT2D eigenvalue weighted by Crippen LogP contribution is -2.03. The summed E-state index contributed by atoms with van der Waals surface area (Å²) in [6, 6.07) is 9.12. The Morgan fingerprint density at radius 2 is 1.85 bits per heavy atom. The van der Waals surface area contributed by atoms with Crippen molar-refractivity contribution in [3.8, 4) is 17.0 Å². The van der Waals surface area contributed by atoms with E-state index in [-0.39, 0.29) is 5.75 Å². The van der Waals surface area contributed by atoms with E-state index in [1.54, 1.807) is 24.3 Å². The number of ether oxygens (including phenoxy) is 1. The van der Waals surface area contributed by atoms with Gasteiger partial charge in [0.2, 0.25) is 0 Å². The highest BCUT2D eigenvalue weighted by Crippen LogP contribution is 2.30. The lowest BCUT2D eigenvalue weighted by Gasteiger charge is -2.10. The van der Waals surface area contributed by atoms with Crippen LogP contribution < -0.4 is 10.1 Å². The monoisotopic (exact) mass is 388 g/mol. The molecule has 27 heavy (non-hydrogen) atoms. The van der Waals surface area contributed by atoms with Crippen LogP contribution in [0.2, 0.25) is 0 Å². The molecule has 0 saturated carbocycles. The van der Waals surface area contributed by atoms with Crippen molar-refractivity contribution >= 4 is 21.5 Å². The molecule has 9 heteroatoms. The van der Waals surface area contributed by atoms with Crippen molar-refractivity contribution in [2.75, 3.05) is 18.7 Å². The van der Waals surface area contributed by atoms with Gasteiger partial charge in [0.1, 0.15) is 29.5 Å². The number of rotatable bonds is 6. The average molecular weight is 388 g/mol. The van der Waals surface area contributed by atoms with Crippen molar-refractivity contribution in [1.29, 1.82) is 0 Å². The minimum absolute atomic E-state index is 0.0774. The average Bonchev–Trinajstić information content (AvgIpc) is 2.60. The zero-order valence-corrected chi connectivity index (χ0v) is 15.5. The van der Waals surface area contributed by atoms with Crippen LogP contribution in [-0.4, -0.2) is 36.7 Å². The SMILES string of the molecule is COc1cc(F)ccc1-c1cc(Nc2cc(CS(C)(=O)=O)ccn2)ncn1. The number of methoxy groups -OCH3 is 1. The lowest BCUT2D eigenvalue weighted by atomic mass is 10.1. The molecule has 140 valence electrons. The number of aromatic nitrogens is 3. The molecule has 1 aromatic carbocycles. The molecular formula is C18H17FN4O3S. The maximum Gasteiger partial charge on any atom is 0.151 e. The molecule has 0 fully saturated rings. The summed E-state index contributed by atoms with van der Waals surface area (Å²) in [5, 5.41) is 3.02. The van der Waals surface area contributed by atoms with E-state index in [0.717, 1.165) is 0 Å².